The second-order valence-corrected chi connectivity index (χ2v) is 4.66. The van der Waals surface area contributed by atoms with Crippen LogP contribution in [0, 0.1) is 0 Å². The van der Waals surface area contributed by atoms with Gasteiger partial charge in [0, 0.05) is 13.7 Å². The van der Waals surface area contributed by atoms with E-state index >= 15 is 0 Å². The van der Waals surface area contributed by atoms with Crippen LogP contribution >= 0.6 is 11.3 Å². The van der Waals surface area contributed by atoms with Gasteiger partial charge in [-0.2, -0.15) is 4.98 Å². The van der Waals surface area contributed by atoms with E-state index in [9.17, 15) is 4.79 Å². The Bertz CT molecular complexity index is 571. The molecule has 0 aliphatic carbocycles. The first-order valence-electron chi connectivity index (χ1n) is 5.71. The number of ether oxygens (including phenoxy) is 1. The minimum atomic E-state index is -0.127. The van der Waals surface area contributed by atoms with Crippen molar-refractivity contribution in [3.63, 3.8) is 0 Å². The molecule has 8 heteroatoms. The molecule has 1 amide bonds. The predicted octanol–water partition coefficient (Wildman–Crippen LogP) is 0.448. The zero-order chi connectivity index (χ0) is 13.7. The van der Waals surface area contributed by atoms with Crippen molar-refractivity contribution in [2.24, 2.45) is 0 Å². The van der Waals surface area contributed by atoms with Gasteiger partial charge in [0.25, 0.3) is 0 Å². The van der Waals surface area contributed by atoms with Crippen LogP contribution in [0.25, 0.3) is 10.2 Å². The van der Waals surface area contributed by atoms with E-state index in [0.29, 0.717) is 19.0 Å². The Morgan fingerprint density at radius 2 is 2.37 bits per heavy atom. The van der Waals surface area contributed by atoms with E-state index in [1.165, 1.54) is 11.3 Å². The average molecular weight is 281 g/mol. The van der Waals surface area contributed by atoms with Gasteiger partial charge in [-0.1, -0.05) is 0 Å². The monoisotopic (exact) mass is 281 g/mol. The molecule has 0 bridgehead atoms. The maximum absolute atomic E-state index is 11.5. The Kier molecular flexibility index (Phi) is 4.48. The van der Waals surface area contributed by atoms with Crippen LogP contribution in [-0.2, 0) is 9.53 Å². The fourth-order valence-electron chi connectivity index (χ4n) is 1.53. The number of fused-ring (bicyclic) bond motifs is 1. The topological polar surface area (TPSA) is 102 Å². The zero-order valence-electron chi connectivity index (χ0n) is 10.5. The molecule has 0 fully saturated rings. The Morgan fingerprint density at radius 3 is 3.16 bits per heavy atom. The third kappa shape index (κ3) is 3.52. The molecule has 2 aromatic heterocycles. The first kappa shape index (κ1) is 13.5. The number of amides is 1. The summed E-state index contributed by atoms with van der Waals surface area (Å²) >= 11 is 1.48. The first-order chi connectivity index (χ1) is 9.20. The molecular weight excluding hydrogens is 266 g/mol. The second kappa shape index (κ2) is 6.30. The van der Waals surface area contributed by atoms with Crippen LogP contribution in [0.3, 0.4) is 0 Å². The van der Waals surface area contributed by atoms with Crippen LogP contribution in [0.4, 0.5) is 11.8 Å². The fraction of sp³-hybridized carbons (Fsp3) is 0.364. The summed E-state index contributed by atoms with van der Waals surface area (Å²) in [5.74, 6) is 0.639. The van der Waals surface area contributed by atoms with Crippen molar-refractivity contribution in [2.75, 3.05) is 37.9 Å². The lowest BCUT2D eigenvalue weighted by molar-refractivity contribution is -0.119. The number of hydrogen-bond acceptors (Lipinski definition) is 7. The second-order valence-electron chi connectivity index (χ2n) is 3.77. The molecule has 0 saturated heterocycles. The summed E-state index contributed by atoms with van der Waals surface area (Å²) in [4.78, 5) is 20.6. The third-order valence-corrected chi connectivity index (χ3v) is 3.19. The molecule has 102 valence electrons. The van der Waals surface area contributed by atoms with Gasteiger partial charge in [0.1, 0.15) is 10.6 Å². The minimum Gasteiger partial charge on any atom is -0.383 e. The lowest BCUT2D eigenvalue weighted by Gasteiger charge is -2.08. The van der Waals surface area contributed by atoms with Crippen molar-refractivity contribution in [3.05, 3.63) is 11.4 Å². The first-order valence-corrected chi connectivity index (χ1v) is 6.59. The van der Waals surface area contributed by atoms with Crippen LogP contribution in [0.5, 0.6) is 0 Å². The van der Waals surface area contributed by atoms with Gasteiger partial charge in [-0.05, 0) is 11.4 Å². The van der Waals surface area contributed by atoms with Gasteiger partial charge in [0.2, 0.25) is 11.9 Å². The maximum Gasteiger partial charge on any atom is 0.239 e. The molecule has 0 radical (unpaired) electrons. The molecule has 4 N–H and O–H groups in total. The number of nitrogens with zero attached hydrogens (tertiary/aromatic N) is 2. The number of thiophene rings is 1. The van der Waals surface area contributed by atoms with Gasteiger partial charge >= 0.3 is 0 Å². The normalized spacial score (nSPS) is 10.6. The van der Waals surface area contributed by atoms with Crippen molar-refractivity contribution in [3.8, 4) is 0 Å². The Balaban J connectivity index is 1.97. The van der Waals surface area contributed by atoms with Crippen molar-refractivity contribution in [1.82, 2.24) is 15.3 Å². The summed E-state index contributed by atoms with van der Waals surface area (Å²) in [7, 11) is 1.58. The van der Waals surface area contributed by atoms with Crippen molar-refractivity contribution in [1.29, 1.82) is 0 Å². The summed E-state index contributed by atoms with van der Waals surface area (Å²) in [6.07, 6.45) is 0. The number of aromatic nitrogens is 2. The van der Waals surface area contributed by atoms with E-state index in [0.717, 1.165) is 10.2 Å². The highest BCUT2D eigenvalue weighted by atomic mass is 32.1. The lowest BCUT2D eigenvalue weighted by atomic mass is 10.3. The number of carbonyl (C=O) groups is 1. The number of hydrogen-bond donors (Lipinski definition) is 3. The molecule has 0 spiro atoms. The summed E-state index contributed by atoms with van der Waals surface area (Å²) in [6, 6.07) is 1.89. The molecule has 0 aliphatic heterocycles. The molecule has 19 heavy (non-hydrogen) atoms. The molecule has 7 nitrogen and oxygen atoms in total. The highest BCUT2D eigenvalue weighted by Gasteiger charge is 2.08. The molecule has 0 saturated carbocycles. The maximum atomic E-state index is 11.5. The summed E-state index contributed by atoms with van der Waals surface area (Å²) in [5, 5.41) is 8.45. The summed E-state index contributed by atoms with van der Waals surface area (Å²) in [5.41, 5.74) is 5.62. The Hall–Kier alpha value is -1.93. The van der Waals surface area contributed by atoms with Crippen LogP contribution < -0.4 is 16.4 Å². The summed E-state index contributed by atoms with van der Waals surface area (Å²) < 4.78 is 4.85. The van der Waals surface area contributed by atoms with Gasteiger partial charge in [-0.25, -0.2) is 4.98 Å². The van der Waals surface area contributed by atoms with E-state index in [4.69, 9.17) is 10.5 Å². The number of nitrogens with one attached hydrogen (secondary N) is 2. The molecule has 0 unspecified atom stereocenters. The van der Waals surface area contributed by atoms with Gasteiger partial charge in [0.15, 0.2) is 0 Å². The number of nitrogen functional groups attached to an aromatic ring is 1. The number of nitrogens with two attached hydrogens (primary N) is 1. The molecule has 2 aromatic rings. The molecule has 2 heterocycles. The number of rotatable bonds is 6. The van der Waals surface area contributed by atoms with Gasteiger partial charge in [-0.15, -0.1) is 11.3 Å². The van der Waals surface area contributed by atoms with E-state index < -0.39 is 0 Å². The largest absolute Gasteiger partial charge is 0.383 e. The highest BCUT2D eigenvalue weighted by Crippen LogP contribution is 2.25. The molecule has 2 rings (SSSR count). The molecule has 0 aromatic carbocycles. The SMILES string of the molecule is COCCNC(=O)CNc1nc(N)nc2sccc12. The zero-order valence-corrected chi connectivity index (χ0v) is 11.3. The van der Waals surface area contributed by atoms with Gasteiger partial charge in [-0.3, -0.25) is 4.79 Å². The number of carbonyl (C=O) groups excluding carboxylic acids is 1. The average Bonchev–Trinajstić information content (AvgIpc) is 2.84. The highest BCUT2D eigenvalue weighted by molar-refractivity contribution is 7.16. The van der Waals surface area contributed by atoms with E-state index in [1.54, 1.807) is 7.11 Å². The smallest absolute Gasteiger partial charge is 0.239 e. The summed E-state index contributed by atoms with van der Waals surface area (Å²) in [6.45, 7) is 1.10. The number of anilines is 2. The Labute approximate surface area is 114 Å². The van der Waals surface area contributed by atoms with E-state index in [2.05, 4.69) is 20.6 Å². The van der Waals surface area contributed by atoms with E-state index in [1.807, 2.05) is 11.4 Å². The predicted molar refractivity (Wildman–Crippen MR) is 75.2 cm³/mol. The van der Waals surface area contributed by atoms with Gasteiger partial charge in [0.05, 0.1) is 18.5 Å². The number of methoxy groups -OCH3 is 1. The van der Waals surface area contributed by atoms with Gasteiger partial charge < -0.3 is 21.1 Å². The third-order valence-electron chi connectivity index (χ3n) is 2.39. The van der Waals surface area contributed by atoms with Crippen LogP contribution in [0.1, 0.15) is 0 Å². The quantitative estimate of drug-likeness (QED) is 0.664. The van der Waals surface area contributed by atoms with Crippen LogP contribution in [0.15, 0.2) is 11.4 Å². The fourth-order valence-corrected chi connectivity index (χ4v) is 2.30. The van der Waals surface area contributed by atoms with Crippen LogP contribution in [0.2, 0.25) is 0 Å². The van der Waals surface area contributed by atoms with Crippen molar-refractivity contribution < 1.29 is 9.53 Å². The molecule has 0 aliphatic rings. The molecule has 0 atom stereocenters. The minimum absolute atomic E-state index is 0.127. The molecular formula is C11H15N5O2S. The standard InChI is InChI=1S/C11H15N5O2S/c1-18-4-3-13-8(17)6-14-9-7-2-5-19-10(7)16-11(12)15-9/h2,5H,3-4,6H2,1H3,(H,13,17)(H3,12,14,15,16). The van der Waals surface area contributed by atoms with Crippen LogP contribution in [-0.4, -0.2) is 42.7 Å². The van der Waals surface area contributed by atoms with E-state index in [-0.39, 0.29) is 18.4 Å². The van der Waals surface area contributed by atoms with Crippen molar-refractivity contribution >= 4 is 39.2 Å². The Morgan fingerprint density at radius 1 is 1.53 bits per heavy atom. The lowest BCUT2D eigenvalue weighted by Crippen LogP contribution is -2.32. The van der Waals surface area contributed by atoms with Crippen molar-refractivity contribution in [2.45, 2.75) is 0 Å².